The smallest absolute Gasteiger partial charge is 0.326 e. The van der Waals surface area contributed by atoms with Crippen molar-refractivity contribution < 1.29 is 49.2 Å². The van der Waals surface area contributed by atoms with Gasteiger partial charge in [-0.15, -0.1) is 0 Å². The van der Waals surface area contributed by atoms with Crippen molar-refractivity contribution in [2.45, 2.75) is 70.1 Å². The number of carboxylic acids is 3. The first-order chi connectivity index (χ1) is 15.3. The Morgan fingerprint density at radius 3 is 1.61 bits per heavy atom. The average molecular weight is 476 g/mol. The van der Waals surface area contributed by atoms with Crippen molar-refractivity contribution in [2.75, 3.05) is 6.61 Å². The van der Waals surface area contributed by atoms with E-state index in [0.29, 0.717) is 6.42 Å². The highest BCUT2D eigenvalue weighted by Gasteiger charge is 2.31. The van der Waals surface area contributed by atoms with Crippen molar-refractivity contribution in [1.29, 1.82) is 0 Å². The summed E-state index contributed by atoms with van der Waals surface area (Å²) >= 11 is 0. The summed E-state index contributed by atoms with van der Waals surface area (Å²) in [5.74, 6) is -7.08. The Hall–Kier alpha value is -3.26. The third-order valence-corrected chi connectivity index (χ3v) is 4.92. The molecule has 0 heterocycles. The van der Waals surface area contributed by atoms with Crippen molar-refractivity contribution in [3.63, 3.8) is 0 Å². The summed E-state index contributed by atoms with van der Waals surface area (Å²) in [5.41, 5.74) is 5.82. The molecule has 14 nitrogen and oxygen atoms in total. The van der Waals surface area contributed by atoms with Gasteiger partial charge in [0.05, 0.1) is 12.6 Å². The minimum absolute atomic E-state index is 0.233. The van der Waals surface area contributed by atoms with Crippen LogP contribution in [0.3, 0.4) is 0 Å². The number of rotatable bonds is 16. The van der Waals surface area contributed by atoms with E-state index < -0.39 is 85.7 Å². The van der Waals surface area contributed by atoms with Crippen LogP contribution in [0.5, 0.6) is 0 Å². The number of aliphatic carboxylic acids is 3. The van der Waals surface area contributed by atoms with Gasteiger partial charge in [0, 0.05) is 12.8 Å². The second-order valence-corrected chi connectivity index (χ2v) is 7.48. The lowest BCUT2D eigenvalue weighted by atomic mass is 9.98. The van der Waals surface area contributed by atoms with E-state index in [1.165, 1.54) is 0 Å². The van der Waals surface area contributed by atoms with E-state index >= 15 is 0 Å². The second-order valence-electron chi connectivity index (χ2n) is 7.48. The second kappa shape index (κ2) is 14.7. The number of aliphatic hydroxyl groups excluding tert-OH is 1. The molecule has 0 aromatic rings. The molecule has 188 valence electrons. The minimum Gasteiger partial charge on any atom is -0.481 e. The summed E-state index contributed by atoms with van der Waals surface area (Å²) < 4.78 is 0. The molecule has 0 saturated carbocycles. The molecule has 0 aromatic carbocycles. The monoisotopic (exact) mass is 476 g/mol. The number of carboxylic acid groups (broad SMARTS) is 3. The van der Waals surface area contributed by atoms with Crippen molar-refractivity contribution in [3.05, 3.63) is 0 Å². The lowest BCUT2D eigenvalue weighted by molar-refractivity contribution is -0.143. The molecule has 33 heavy (non-hydrogen) atoms. The largest absolute Gasteiger partial charge is 0.481 e. The Kier molecular flexibility index (Phi) is 13.3. The minimum atomic E-state index is -1.64. The Bertz CT molecular complexity index is 729. The maximum Gasteiger partial charge on any atom is 0.326 e. The molecule has 0 aliphatic carbocycles. The first-order valence-electron chi connectivity index (χ1n) is 10.3. The van der Waals surface area contributed by atoms with E-state index in [0.717, 1.165) is 0 Å². The molecular weight excluding hydrogens is 444 g/mol. The molecule has 0 bridgehead atoms. The summed E-state index contributed by atoms with van der Waals surface area (Å²) in [4.78, 5) is 70.1. The van der Waals surface area contributed by atoms with Crippen LogP contribution in [-0.4, -0.2) is 86.8 Å². The first kappa shape index (κ1) is 29.7. The van der Waals surface area contributed by atoms with Crippen LogP contribution >= 0.6 is 0 Å². The molecule has 0 spiro atoms. The first-order valence-corrected chi connectivity index (χ1v) is 10.3. The lowest BCUT2D eigenvalue weighted by Gasteiger charge is -2.25. The highest BCUT2D eigenvalue weighted by atomic mass is 16.4. The van der Waals surface area contributed by atoms with Gasteiger partial charge < -0.3 is 42.1 Å². The normalized spacial score (nSPS) is 15.3. The van der Waals surface area contributed by atoms with E-state index in [2.05, 4.69) is 10.6 Å². The van der Waals surface area contributed by atoms with Gasteiger partial charge in [-0.1, -0.05) is 20.3 Å². The van der Waals surface area contributed by atoms with Crippen LogP contribution in [0.15, 0.2) is 0 Å². The van der Waals surface area contributed by atoms with E-state index in [4.69, 9.17) is 21.1 Å². The Labute approximate surface area is 189 Å². The molecule has 0 aliphatic heterocycles. The third-order valence-electron chi connectivity index (χ3n) is 4.92. The van der Waals surface area contributed by atoms with Crippen molar-refractivity contribution in [1.82, 2.24) is 16.0 Å². The molecular formula is C19H32N4O10. The highest BCUT2D eigenvalue weighted by Crippen LogP contribution is 2.07. The predicted molar refractivity (Wildman–Crippen MR) is 112 cm³/mol. The molecule has 9 N–H and O–H groups in total. The fourth-order valence-electron chi connectivity index (χ4n) is 2.58. The number of nitrogens with two attached hydrogens (primary N) is 1. The van der Waals surface area contributed by atoms with Crippen LogP contribution in [0, 0.1) is 5.92 Å². The zero-order valence-electron chi connectivity index (χ0n) is 18.4. The molecule has 14 heteroatoms. The standard InChI is InChI=1S/C19H32N4O10/c1-3-9(2)15(20)18(31)21-10(4-6-13(25)26)16(29)23-12(8-24)17(30)22-11(19(32)33)5-7-14(27)28/h9-12,15,24H,3-8,20H2,1-2H3,(H,21,31)(H,22,30)(H,23,29)(H,25,26)(H,27,28)(H,32,33). The molecule has 0 aromatic heterocycles. The number of nitrogens with one attached hydrogen (secondary N) is 3. The quantitative estimate of drug-likeness (QED) is 0.117. The van der Waals surface area contributed by atoms with Crippen LogP contribution in [0.1, 0.15) is 46.0 Å². The number of hydrogen-bond acceptors (Lipinski definition) is 8. The Morgan fingerprint density at radius 2 is 1.18 bits per heavy atom. The molecule has 0 aliphatic rings. The fraction of sp³-hybridized carbons (Fsp3) is 0.684. The van der Waals surface area contributed by atoms with Gasteiger partial charge in [-0.05, 0) is 18.8 Å². The molecule has 0 rings (SSSR count). The van der Waals surface area contributed by atoms with Crippen LogP contribution in [-0.2, 0) is 28.8 Å². The van der Waals surface area contributed by atoms with Crippen molar-refractivity contribution in [2.24, 2.45) is 11.7 Å². The molecule has 0 saturated heterocycles. The van der Waals surface area contributed by atoms with Gasteiger partial charge >= 0.3 is 17.9 Å². The van der Waals surface area contributed by atoms with E-state index in [-0.39, 0.29) is 12.3 Å². The third kappa shape index (κ3) is 11.2. The van der Waals surface area contributed by atoms with Gasteiger partial charge in [-0.3, -0.25) is 24.0 Å². The van der Waals surface area contributed by atoms with Crippen LogP contribution < -0.4 is 21.7 Å². The zero-order chi connectivity index (χ0) is 25.7. The van der Waals surface area contributed by atoms with Gasteiger partial charge in [-0.25, -0.2) is 4.79 Å². The van der Waals surface area contributed by atoms with Gasteiger partial charge in [0.25, 0.3) is 0 Å². The summed E-state index contributed by atoms with van der Waals surface area (Å²) in [5, 5.41) is 42.7. The average Bonchev–Trinajstić information content (AvgIpc) is 2.75. The maximum atomic E-state index is 12.6. The Balaban J connectivity index is 5.34. The van der Waals surface area contributed by atoms with Crippen molar-refractivity contribution >= 4 is 35.6 Å². The van der Waals surface area contributed by atoms with E-state index in [9.17, 15) is 33.9 Å². The summed E-state index contributed by atoms with van der Waals surface area (Å²) in [7, 11) is 0. The maximum absolute atomic E-state index is 12.6. The summed E-state index contributed by atoms with van der Waals surface area (Å²) in [6.45, 7) is 2.57. The van der Waals surface area contributed by atoms with Crippen LogP contribution in [0.4, 0.5) is 0 Å². The van der Waals surface area contributed by atoms with Gasteiger partial charge in [-0.2, -0.15) is 0 Å². The number of carbonyl (C=O) groups excluding carboxylic acids is 3. The zero-order valence-corrected chi connectivity index (χ0v) is 18.4. The number of carbonyl (C=O) groups is 6. The van der Waals surface area contributed by atoms with Gasteiger partial charge in [0.1, 0.15) is 18.1 Å². The lowest BCUT2D eigenvalue weighted by Crippen LogP contribution is -2.58. The number of hydrogen-bond donors (Lipinski definition) is 8. The molecule has 5 unspecified atom stereocenters. The highest BCUT2D eigenvalue weighted by molar-refractivity contribution is 5.94. The Morgan fingerprint density at radius 1 is 0.758 bits per heavy atom. The fourth-order valence-corrected chi connectivity index (χ4v) is 2.58. The van der Waals surface area contributed by atoms with Crippen molar-refractivity contribution in [3.8, 4) is 0 Å². The van der Waals surface area contributed by atoms with Gasteiger partial charge in [0.2, 0.25) is 17.7 Å². The van der Waals surface area contributed by atoms with Crippen LogP contribution in [0.25, 0.3) is 0 Å². The number of aliphatic hydroxyl groups is 1. The predicted octanol–water partition coefficient (Wildman–Crippen LogP) is -2.38. The summed E-state index contributed by atoms with van der Waals surface area (Å²) in [6, 6.07) is -5.60. The molecule has 3 amide bonds. The molecule has 0 fully saturated rings. The topological polar surface area (TPSA) is 245 Å². The number of amides is 3. The van der Waals surface area contributed by atoms with E-state index in [1.54, 1.807) is 13.8 Å². The van der Waals surface area contributed by atoms with E-state index in [1.807, 2.05) is 5.32 Å². The van der Waals surface area contributed by atoms with Crippen LogP contribution in [0.2, 0.25) is 0 Å². The molecule has 5 atom stereocenters. The van der Waals surface area contributed by atoms with Gasteiger partial charge in [0.15, 0.2) is 0 Å². The SMILES string of the molecule is CCC(C)C(N)C(=O)NC(CCC(=O)O)C(=O)NC(CO)C(=O)NC(CCC(=O)O)C(=O)O. The summed E-state index contributed by atoms with van der Waals surface area (Å²) in [6.07, 6.45) is -1.25. The molecule has 0 radical (unpaired) electrons.